The Hall–Kier alpha value is -2.14. The summed E-state index contributed by atoms with van der Waals surface area (Å²) in [5.74, 6) is -0.132. The Morgan fingerprint density at radius 1 is 1.35 bits per heavy atom. The summed E-state index contributed by atoms with van der Waals surface area (Å²) in [6, 6.07) is 8.62. The number of para-hydroxylation sites is 1. The molecule has 0 radical (unpaired) electrons. The molecule has 1 heterocycles. The summed E-state index contributed by atoms with van der Waals surface area (Å²) in [4.78, 5) is 23.8. The number of benzene rings is 1. The predicted molar refractivity (Wildman–Crippen MR) is 73.5 cm³/mol. The molecular weight excluding hydrogens is 258 g/mol. The van der Waals surface area contributed by atoms with Crippen LogP contribution in [0, 0.1) is 5.92 Å². The number of carbonyl (C=O) groups is 1. The smallest absolute Gasteiger partial charge is 0.349 e. The fourth-order valence-electron chi connectivity index (χ4n) is 2.42. The molecule has 1 saturated carbocycles. The van der Waals surface area contributed by atoms with Crippen LogP contribution in [-0.4, -0.2) is 23.7 Å². The van der Waals surface area contributed by atoms with E-state index in [1.54, 1.807) is 24.3 Å². The lowest BCUT2D eigenvalue weighted by Crippen LogP contribution is -2.39. The molecule has 1 aromatic carbocycles. The number of nitrogens with one attached hydrogen (secondary N) is 1. The molecule has 1 aliphatic carbocycles. The number of aliphatic hydroxyl groups is 1. The fourth-order valence-corrected chi connectivity index (χ4v) is 2.42. The lowest BCUT2D eigenvalue weighted by atomic mass is 9.82. The Morgan fingerprint density at radius 2 is 2.10 bits per heavy atom. The van der Waals surface area contributed by atoms with Crippen molar-refractivity contribution in [3.63, 3.8) is 0 Å². The fraction of sp³-hybridized carbons (Fsp3) is 0.333. The van der Waals surface area contributed by atoms with Gasteiger partial charge in [0, 0.05) is 11.9 Å². The number of rotatable bonds is 3. The number of hydrogen-bond acceptors (Lipinski definition) is 4. The van der Waals surface area contributed by atoms with Crippen LogP contribution in [0.5, 0.6) is 0 Å². The summed E-state index contributed by atoms with van der Waals surface area (Å²) in [5, 5.41) is 12.6. The molecule has 1 aliphatic rings. The van der Waals surface area contributed by atoms with Crippen molar-refractivity contribution < 1.29 is 14.3 Å². The van der Waals surface area contributed by atoms with E-state index in [1.165, 1.54) is 0 Å². The molecule has 0 unspecified atom stereocenters. The number of aliphatic hydroxyl groups excluding tert-OH is 1. The molecule has 2 N–H and O–H groups in total. The topological polar surface area (TPSA) is 79.5 Å². The van der Waals surface area contributed by atoms with Gasteiger partial charge in [-0.25, -0.2) is 4.79 Å². The molecule has 0 saturated heterocycles. The Kier molecular flexibility index (Phi) is 3.28. The highest BCUT2D eigenvalue weighted by Crippen LogP contribution is 2.26. The molecule has 0 spiro atoms. The van der Waals surface area contributed by atoms with Gasteiger partial charge in [-0.3, -0.25) is 4.79 Å². The molecule has 2 aromatic rings. The van der Waals surface area contributed by atoms with Gasteiger partial charge in [-0.1, -0.05) is 18.2 Å². The molecule has 0 aliphatic heterocycles. The Labute approximate surface area is 115 Å². The SMILES string of the molecule is O=C(NCC1CC(O)C1)c1cc2ccccc2oc1=O. The third-order valence-electron chi connectivity index (χ3n) is 3.65. The van der Waals surface area contributed by atoms with Crippen molar-refractivity contribution in [2.45, 2.75) is 18.9 Å². The largest absolute Gasteiger partial charge is 0.422 e. The third-order valence-corrected chi connectivity index (χ3v) is 3.65. The zero-order chi connectivity index (χ0) is 14.1. The molecular formula is C15H15NO4. The second-order valence-corrected chi connectivity index (χ2v) is 5.19. The maximum absolute atomic E-state index is 12.0. The maximum atomic E-state index is 12.0. The van der Waals surface area contributed by atoms with E-state index in [1.807, 2.05) is 6.07 Å². The van der Waals surface area contributed by atoms with Crippen LogP contribution in [0.15, 0.2) is 39.5 Å². The van der Waals surface area contributed by atoms with Crippen LogP contribution in [0.3, 0.4) is 0 Å². The minimum absolute atomic E-state index is 0.0172. The summed E-state index contributed by atoms with van der Waals surface area (Å²) in [6.07, 6.45) is 1.15. The standard InChI is InChI=1S/C15H15NO4/c17-11-5-9(6-11)8-16-14(18)12-7-10-3-1-2-4-13(10)20-15(12)19/h1-4,7,9,11,17H,5-6,8H2,(H,16,18). The van der Waals surface area contributed by atoms with Crippen molar-refractivity contribution in [2.75, 3.05) is 6.54 Å². The average Bonchev–Trinajstić information content (AvgIpc) is 2.41. The first-order valence-electron chi connectivity index (χ1n) is 6.62. The van der Waals surface area contributed by atoms with E-state index < -0.39 is 11.5 Å². The van der Waals surface area contributed by atoms with Crippen LogP contribution < -0.4 is 10.9 Å². The van der Waals surface area contributed by atoms with Gasteiger partial charge in [0.05, 0.1) is 6.10 Å². The molecule has 1 fully saturated rings. The summed E-state index contributed by atoms with van der Waals surface area (Å²) in [5.41, 5.74) is -0.144. The van der Waals surface area contributed by atoms with Gasteiger partial charge >= 0.3 is 5.63 Å². The second-order valence-electron chi connectivity index (χ2n) is 5.19. The van der Waals surface area contributed by atoms with E-state index >= 15 is 0 Å². The number of hydrogen-bond donors (Lipinski definition) is 2. The molecule has 5 nitrogen and oxygen atoms in total. The summed E-state index contributed by atoms with van der Waals surface area (Å²) in [6.45, 7) is 0.474. The lowest BCUT2D eigenvalue weighted by molar-refractivity contribution is 0.0420. The van der Waals surface area contributed by atoms with Crippen LogP contribution >= 0.6 is 0 Å². The minimum atomic E-state index is -0.630. The quantitative estimate of drug-likeness (QED) is 0.826. The summed E-state index contributed by atoms with van der Waals surface area (Å²) >= 11 is 0. The number of amides is 1. The van der Waals surface area contributed by atoms with Crippen LogP contribution in [0.4, 0.5) is 0 Å². The highest BCUT2D eigenvalue weighted by atomic mass is 16.4. The van der Waals surface area contributed by atoms with Gasteiger partial charge in [-0.05, 0) is 30.9 Å². The van der Waals surface area contributed by atoms with Gasteiger partial charge in [0.2, 0.25) is 0 Å². The van der Waals surface area contributed by atoms with Crippen molar-refractivity contribution in [3.8, 4) is 0 Å². The van der Waals surface area contributed by atoms with Gasteiger partial charge in [0.15, 0.2) is 0 Å². The van der Waals surface area contributed by atoms with Crippen LogP contribution in [-0.2, 0) is 0 Å². The molecule has 3 rings (SSSR count). The van der Waals surface area contributed by atoms with E-state index in [-0.39, 0.29) is 11.7 Å². The first-order chi connectivity index (χ1) is 9.63. The van der Waals surface area contributed by atoms with Gasteiger partial charge in [0.1, 0.15) is 11.1 Å². The number of fused-ring (bicyclic) bond motifs is 1. The molecule has 5 heteroatoms. The van der Waals surface area contributed by atoms with Gasteiger partial charge in [-0.2, -0.15) is 0 Å². The lowest BCUT2D eigenvalue weighted by Gasteiger charge is -2.31. The maximum Gasteiger partial charge on any atom is 0.349 e. The first kappa shape index (κ1) is 12.9. The minimum Gasteiger partial charge on any atom is -0.422 e. The first-order valence-corrected chi connectivity index (χ1v) is 6.62. The van der Waals surface area contributed by atoms with Crippen molar-refractivity contribution in [3.05, 3.63) is 46.3 Å². The highest BCUT2D eigenvalue weighted by molar-refractivity contribution is 5.96. The van der Waals surface area contributed by atoms with Crippen LogP contribution in [0.25, 0.3) is 11.0 Å². The monoisotopic (exact) mass is 273 g/mol. The van der Waals surface area contributed by atoms with E-state index in [9.17, 15) is 14.7 Å². The van der Waals surface area contributed by atoms with E-state index in [2.05, 4.69) is 5.32 Å². The molecule has 1 aromatic heterocycles. The molecule has 104 valence electrons. The number of carbonyl (C=O) groups excluding carboxylic acids is 1. The summed E-state index contributed by atoms with van der Waals surface area (Å²) in [7, 11) is 0. The Morgan fingerprint density at radius 3 is 2.85 bits per heavy atom. The summed E-state index contributed by atoms with van der Waals surface area (Å²) < 4.78 is 5.12. The van der Waals surface area contributed by atoms with E-state index in [0.717, 1.165) is 5.39 Å². The Bertz CT molecular complexity index is 700. The molecule has 1 amide bonds. The van der Waals surface area contributed by atoms with E-state index in [0.29, 0.717) is 30.9 Å². The average molecular weight is 273 g/mol. The van der Waals surface area contributed by atoms with Crippen LogP contribution in [0.1, 0.15) is 23.2 Å². The molecule has 0 bridgehead atoms. The van der Waals surface area contributed by atoms with E-state index in [4.69, 9.17) is 4.42 Å². The van der Waals surface area contributed by atoms with Gasteiger partial charge < -0.3 is 14.8 Å². The zero-order valence-electron chi connectivity index (χ0n) is 10.8. The molecule has 20 heavy (non-hydrogen) atoms. The molecule has 0 atom stereocenters. The van der Waals surface area contributed by atoms with Gasteiger partial charge in [0.25, 0.3) is 5.91 Å². The zero-order valence-corrected chi connectivity index (χ0v) is 10.8. The van der Waals surface area contributed by atoms with Crippen LogP contribution in [0.2, 0.25) is 0 Å². The van der Waals surface area contributed by atoms with Gasteiger partial charge in [-0.15, -0.1) is 0 Å². The predicted octanol–water partition coefficient (Wildman–Crippen LogP) is 1.29. The normalized spacial score (nSPS) is 21.4. The third kappa shape index (κ3) is 2.44. The van der Waals surface area contributed by atoms with Crippen molar-refractivity contribution in [2.24, 2.45) is 5.92 Å². The Balaban J connectivity index is 1.77. The van der Waals surface area contributed by atoms with Crippen molar-refractivity contribution in [1.29, 1.82) is 0 Å². The van der Waals surface area contributed by atoms with Crippen molar-refractivity contribution >= 4 is 16.9 Å². The van der Waals surface area contributed by atoms with Crippen molar-refractivity contribution in [1.82, 2.24) is 5.32 Å². The highest BCUT2D eigenvalue weighted by Gasteiger charge is 2.27. The second kappa shape index (κ2) is 5.09.